The quantitative estimate of drug-likeness (QED) is 0.182. The summed E-state index contributed by atoms with van der Waals surface area (Å²) >= 11 is 1.42. The summed E-state index contributed by atoms with van der Waals surface area (Å²) in [6, 6.07) is 11.4. The molecule has 3 amide bonds. The number of unbranched alkanes of at least 4 members (excludes halogenated alkanes) is 4. The highest BCUT2D eigenvalue weighted by atomic mass is 32.2. The number of aliphatic hydroxyl groups excluding tert-OH is 1. The van der Waals surface area contributed by atoms with Gasteiger partial charge in [0, 0.05) is 44.5 Å². The largest absolute Gasteiger partial charge is 0.444 e. The molecule has 0 radical (unpaired) electrons. The van der Waals surface area contributed by atoms with Crippen LogP contribution < -0.4 is 11.0 Å². The molecule has 1 aliphatic rings. The Bertz CT molecular complexity index is 1430. The highest BCUT2D eigenvalue weighted by Gasteiger charge is 2.28. The van der Waals surface area contributed by atoms with Crippen LogP contribution in [0.1, 0.15) is 98.3 Å². The smallest absolute Gasteiger partial charge is 0.410 e. The lowest BCUT2D eigenvalue weighted by Gasteiger charge is -2.28. The molecule has 1 aromatic carbocycles. The zero-order valence-electron chi connectivity index (χ0n) is 30.4. The number of hydrogen-bond acceptors (Lipinski definition) is 10. The van der Waals surface area contributed by atoms with Gasteiger partial charge in [0.25, 0.3) is 0 Å². The maximum absolute atomic E-state index is 13.0. The Morgan fingerprint density at radius 3 is 2.04 bits per heavy atom. The minimum absolute atomic E-state index is 0.135. The van der Waals surface area contributed by atoms with E-state index in [1.807, 2.05) is 71.9 Å². The molecule has 2 aromatic rings. The molecule has 0 unspecified atom stereocenters. The molecule has 0 spiro atoms. The minimum atomic E-state index is -0.627. The first-order valence-corrected chi connectivity index (χ1v) is 18.4. The Hall–Kier alpha value is -3.62. The van der Waals surface area contributed by atoms with Crippen molar-refractivity contribution in [1.82, 2.24) is 19.4 Å². The molecule has 2 N–H and O–H groups in total. The molecule has 1 fully saturated rings. The first-order valence-electron chi connectivity index (χ1n) is 17.4. The van der Waals surface area contributed by atoms with Crippen molar-refractivity contribution < 1.29 is 33.7 Å². The van der Waals surface area contributed by atoms with Crippen LogP contribution in [-0.2, 0) is 25.5 Å². The Labute approximate surface area is 300 Å². The monoisotopic (exact) mass is 717 g/mol. The standard InChI is InChI=1S/C36H55N5O8S/c1-35(2,3)48-33(45)39(21-14-9-15-22-40(34(46)49-36(4,5)6)24-27-16-10-7-11-17-27)20-13-8-12-18-29(43)37-28-19-23-41(32(44)38-28)30-26-50-31(25-42)47-30/h7,10-11,16-17,19,23,30-31,42H,8-9,12-15,18,20-22,24-26H2,1-6H3,(H,37,38,43,44)/t30-,31+/m0/s1. The van der Waals surface area contributed by atoms with Gasteiger partial charge < -0.3 is 34.4 Å². The molecular weight excluding hydrogens is 662 g/mol. The highest BCUT2D eigenvalue weighted by Crippen LogP contribution is 2.30. The van der Waals surface area contributed by atoms with Crippen LogP contribution in [0.15, 0.2) is 47.4 Å². The number of carbonyl (C=O) groups excluding carboxylic acids is 3. The van der Waals surface area contributed by atoms with Gasteiger partial charge in [0.05, 0.1) is 6.61 Å². The van der Waals surface area contributed by atoms with E-state index in [2.05, 4.69) is 10.3 Å². The summed E-state index contributed by atoms with van der Waals surface area (Å²) in [6.07, 6.45) is 4.86. The van der Waals surface area contributed by atoms with Crippen molar-refractivity contribution in [1.29, 1.82) is 0 Å². The van der Waals surface area contributed by atoms with Gasteiger partial charge >= 0.3 is 17.9 Å². The number of ether oxygens (including phenoxy) is 3. The topological polar surface area (TPSA) is 153 Å². The molecule has 2 atom stereocenters. The summed E-state index contributed by atoms with van der Waals surface area (Å²) in [4.78, 5) is 58.4. The van der Waals surface area contributed by atoms with Crippen molar-refractivity contribution in [3.05, 3.63) is 58.6 Å². The van der Waals surface area contributed by atoms with Crippen LogP contribution in [0.5, 0.6) is 0 Å². The molecule has 50 heavy (non-hydrogen) atoms. The van der Waals surface area contributed by atoms with Crippen molar-refractivity contribution in [2.45, 2.75) is 116 Å². The Kier molecular flexibility index (Phi) is 16.1. The average molecular weight is 718 g/mol. The highest BCUT2D eigenvalue weighted by molar-refractivity contribution is 8.00. The van der Waals surface area contributed by atoms with Crippen molar-refractivity contribution in [3.63, 3.8) is 0 Å². The number of nitrogens with zero attached hydrogens (tertiary/aromatic N) is 4. The molecule has 278 valence electrons. The third-order valence-electron chi connectivity index (χ3n) is 7.50. The van der Waals surface area contributed by atoms with Gasteiger partial charge in [-0.05, 0) is 85.3 Å². The van der Waals surface area contributed by atoms with Crippen LogP contribution in [-0.4, -0.2) is 91.2 Å². The van der Waals surface area contributed by atoms with Crippen LogP contribution in [0.25, 0.3) is 0 Å². The van der Waals surface area contributed by atoms with Gasteiger partial charge in [-0.25, -0.2) is 14.4 Å². The van der Waals surface area contributed by atoms with Gasteiger partial charge in [-0.3, -0.25) is 9.36 Å². The fourth-order valence-corrected chi connectivity index (χ4v) is 6.06. The van der Waals surface area contributed by atoms with E-state index in [1.165, 1.54) is 22.5 Å². The maximum Gasteiger partial charge on any atom is 0.410 e. The third kappa shape index (κ3) is 15.1. The minimum Gasteiger partial charge on any atom is -0.444 e. The fraction of sp³-hybridized carbons (Fsp3) is 0.639. The van der Waals surface area contributed by atoms with Crippen LogP contribution in [0, 0.1) is 0 Å². The van der Waals surface area contributed by atoms with E-state index in [0.717, 1.165) is 31.2 Å². The third-order valence-corrected chi connectivity index (χ3v) is 8.61. The number of carbonyl (C=O) groups is 3. The lowest BCUT2D eigenvalue weighted by atomic mass is 10.1. The SMILES string of the molecule is CC(C)(C)OC(=O)N(CCCCCC(=O)Nc1ccn([C@@H]2CS[C@H](CO)O2)c(=O)n1)CCCCCN(Cc1ccccc1)C(=O)OC(C)(C)C. The van der Waals surface area contributed by atoms with Gasteiger partial charge in [-0.15, -0.1) is 11.8 Å². The number of aliphatic hydroxyl groups is 1. The summed E-state index contributed by atoms with van der Waals surface area (Å²) in [5.41, 5.74) is -1.10. The second-order valence-corrected chi connectivity index (χ2v) is 15.5. The first-order chi connectivity index (χ1) is 23.6. The molecule has 0 saturated carbocycles. The van der Waals surface area contributed by atoms with E-state index in [1.54, 1.807) is 15.9 Å². The van der Waals surface area contributed by atoms with E-state index >= 15 is 0 Å². The summed E-state index contributed by atoms with van der Waals surface area (Å²) in [5.74, 6) is 0.443. The molecule has 14 heteroatoms. The normalized spacial score (nSPS) is 16.1. The number of amides is 3. The van der Waals surface area contributed by atoms with Crippen molar-refractivity contribution >= 4 is 35.7 Å². The van der Waals surface area contributed by atoms with Gasteiger partial charge in [-0.1, -0.05) is 36.8 Å². The Morgan fingerprint density at radius 1 is 0.900 bits per heavy atom. The number of benzene rings is 1. The van der Waals surface area contributed by atoms with Crippen molar-refractivity contribution in [3.8, 4) is 0 Å². The van der Waals surface area contributed by atoms with Gasteiger partial charge in [0.15, 0.2) is 0 Å². The molecule has 1 aliphatic heterocycles. The maximum atomic E-state index is 13.0. The van der Waals surface area contributed by atoms with E-state index in [-0.39, 0.29) is 42.4 Å². The number of anilines is 1. The lowest BCUT2D eigenvalue weighted by molar-refractivity contribution is -0.116. The number of rotatable bonds is 17. The molecule has 1 saturated heterocycles. The molecule has 3 rings (SSSR count). The first kappa shape index (κ1) is 40.8. The molecular formula is C36H55N5O8S. The van der Waals surface area contributed by atoms with Gasteiger partial charge in [-0.2, -0.15) is 4.98 Å². The molecule has 2 heterocycles. The van der Waals surface area contributed by atoms with E-state index in [0.29, 0.717) is 44.8 Å². The lowest BCUT2D eigenvalue weighted by Crippen LogP contribution is -2.38. The molecule has 0 aliphatic carbocycles. The second-order valence-electron chi connectivity index (χ2n) is 14.3. The second kappa shape index (κ2) is 19.7. The summed E-state index contributed by atoms with van der Waals surface area (Å²) in [7, 11) is 0. The zero-order chi connectivity index (χ0) is 36.7. The average Bonchev–Trinajstić information content (AvgIpc) is 3.51. The summed E-state index contributed by atoms with van der Waals surface area (Å²) in [6.45, 7) is 12.9. The predicted octanol–water partition coefficient (Wildman–Crippen LogP) is 6.17. The van der Waals surface area contributed by atoms with Crippen LogP contribution >= 0.6 is 11.8 Å². The number of hydrogen-bond donors (Lipinski definition) is 2. The van der Waals surface area contributed by atoms with Crippen molar-refractivity contribution in [2.75, 3.05) is 37.3 Å². The van der Waals surface area contributed by atoms with Crippen LogP contribution in [0.3, 0.4) is 0 Å². The Balaban J connectivity index is 1.43. The van der Waals surface area contributed by atoms with E-state index in [4.69, 9.17) is 14.2 Å². The van der Waals surface area contributed by atoms with E-state index in [9.17, 15) is 24.3 Å². The van der Waals surface area contributed by atoms with Crippen LogP contribution in [0.2, 0.25) is 0 Å². The fourth-order valence-electron chi connectivity index (χ4n) is 5.13. The predicted molar refractivity (Wildman–Crippen MR) is 194 cm³/mol. The van der Waals surface area contributed by atoms with Gasteiger partial charge in [0.1, 0.15) is 28.7 Å². The number of aromatic nitrogens is 2. The molecule has 13 nitrogen and oxygen atoms in total. The Morgan fingerprint density at radius 2 is 1.48 bits per heavy atom. The molecule has 1 aromatic heterocycles. The summed E-state index contributed by atoms with van der Waals surface area (Å²) in [5, 5.41) is 11.9. The van der Waals surface area contributed by atoms with Crippen molar-refractivity contribution in [2.24, 2.45) is 0 Å². The number of thioether (sulfide) groups is 1. The van der Waals surface area contributed by atoms with Crippen LogP contribution in [0.4, 0.5) is 15.4 Å². The van der Waals surface area contributed by atoms with Gasteiger partial charge in [0.2, 0.25) is 5.91 Å². The summed E-state index contributed by atoms with van der Waals surface area (Å²) < 4.78 is 18.3. The zero-order valence-corrected chi connectivity index (χ0v) is 31.2. The number of nitrogens with one attached hydrogen (secondary N) is 1. The molecule has 0 bridgehead atoms. The van der Waals surface area contributed by atoms with E-state index < -0.39 is 23.1 Å².